The molecule has 112 valence electrons. The molecule has 0 unspecified atom stereocenters. The second-order valence-electron chi connectivity index (χ2n) is 4.64. The van der Waals surface area contributed by atoms with Gasteiger partial charge in [-0.3, -0.25) is 0 Å². The van der Waals surface area contributed by atoms with Crippen molar-refractivity contribution in [3.63, 3.8) is 0 Å². The van der Waals surface area contributed by atoms with Gasteiger partial charge in [-0.1, -0.05) is 35.3 Å². The van der Waals surface area contributed by atoms with Crippen molar-refractivity contribution in [2.24, 2.45) is 0 Å². The van der Waals surface area contributed by atoms with E-state index in [0.717, 1.165) is 17.2 Å². The lowest BCUT2D eigenvalue weighted by molar-refractivity contribution is -0.137. The van der Waals surface area contributed by atoms with Crippen LogP contribution < -0.4 is 5.32 Å². The Hall–Kier alpha value is -1.39. The number of hydrogen-bond acceptors (Lipinski definition) is 1. The monoisotopic (exact) mass is 333 g/mol. The van der Waals surface area contributed by atoms with E-state index in [4.69, 9.17) is 23.2 Å². The smallest absolute Gasteiger partial charge is 0.381 e. The van der Waals surface area contributed by atoms with Crippen LogP contribution in [-0.4, -0.2) is 0 Å². The van der Waals surface area contributed by atoms with E-state index in [1.807, 2.05) is 25.1 Å². The highest BCUT2D eigenvalue weighted by molar-refractivity contribution is 6.31. The Bertz CT molecular complexity index is 654. The van der Waals surface area contributed by atoms with Gasteiger partial charge in [0.1, 0.15) is 0 Å². The van der Waals surface area contributed by atoms with E-state index in [2.05, 4.69) is 5.32 Å². The van der Waals surface area contributed by atoms with Crippen molar-refractivity contribution in [3.8, 4) is 0 Å². The molecule has 0 fully saturated rings. The van der Waals surface area contributed by atoms with Gasteiger partial charge < -0.3 is 5.32 Å². The molecule has 0 aliphatic heterocycles. The first kappa shape index (κ1) is 16.0. The van der Waals surface area contributed by atoms with Crippen molar-refractivity contribution in [1.82, 2.24) is 0 Å². The largest absolute Gasteiger partial charge is 0.417 e. The molecule has 1 nitrogen and oxygen atoms in total. The van der Waals surface area contributed by atoms with Gasteiger partial charge in [0.2, 0.25) is 0 Å². The maximum Gasteiger partial charge on any atom is 0.417 e. The average molecular weight is 334 g/mol. The van der Waals surface area contributed by atoms with Crippen molar-refractivity contribution in [2.45, 2.75) is 19.6 Å². The minimum Gasteiger partial charge on any atom is -0.381 e. The average Bonchev–Trinajstić information content (AvgIpc) is 2.38. The van der Waals surface area contributed by atoms with Crippen LogP contribution in [0.3, 0.4) is 0 Å². The van der Waals surface area contributed by atoms with Crippen LogP contribution in [0.4, 0.5) is 18.9 Å². The Morgan fingerprint density at radius 1 is 1.00 bits per heavy atom. The van der Waals surface area contributed by atoms with Crippen LogP contribution in [0.2, 0.25) is 10.0 Å². The minimum absolute atomic E-state index is 0.318. The molecule has 2 rings (SSSR count). The zero-order valence-corrected chi connectivity index (χ0v) is 12.6. The molecule has 1 N–H and O–H groups in total. The lowest BCUT2D eigenvalue weighted by Crippen LogP contribution is -2.07. The normalized spacial score (nSPS) is 11.5. The molecule has 0 bridgehead atoms. The van der Waals surface area contributed by atoms with E-state index < -0.39 is 11.7 Å². The number of aryl methyl sites for hydroxylation is 1. The second-order valence-corrected chi connectivity index (χ2v) is 5.46. The summed E-state index contributed by atoms with van der Waals surface area (Å²) in [6.07, 6.45) is -4.48. The highest BCUT2D eigenvalue weighted by Gasteiger charge is 2.33. The summed E-state index contributed by atoms with van der Waals surface area (Å²) in [5.74, 6) is 0. The van der Waals surface area contributed by atoms with Crippen molar-refractivity contribution >= 4 is 28.9 Å². The van der Waals surface area contributed by atoms with E-state index in [1.165, 1.54) is 12.1 Å². The van der Waals surface area contributed by atoms with Gasteiger partial charge in [0.05, 0.1) is 10.6 Å². The van der Waals surface area contributed by atoms with Gasteiger partial charge in [-0.2, -0.15) is 13.2 Å². The summed E-state index contributed by atoms with van der Waals surface area (Å²) in [7, 11) is 0. The lowest BCUT2D eigenvalue weighted by atomic mass is 10.1. The quantitative estimate of drug-likeness (QED) is 0.733. The molecule has 2 aromatic carbocycles. The molecular weight excluding hydrogens is 322 g/mol. The first-order valence-electron chi connectivity index (χ1n) is 6.13. The maximum atomic E-state index is 12.8. The van der Waals surface area contributed by atoms with Crippen LogP contribution >= 0.6 is 23.2 Å². The summed E-state index contributed by atoms with van der Waals surface area (Å²) in [5.41, 5.74) is 1.31. The van der Waals surface area contributed by atoms with Gasteiger partial charge in [0.15, 0.2) is 0 Å². The van der Waals surface area contributed by atoms with Gasteiger partial charge in [0.25, 0.3) is 0 Å². The minimum atomic E-state index is -4.48. The second kappa shape index (κ2) is 6.16. The van der Waals surface area contributed by atoms with Gasteiger partial charge >= 0.3 is 6.18 Å². The molecule has 0 heterocycles. The fourth-order valence-electron chi connectivity index (χ4n) is 1.85. The number of halogens is 5. The third-order valence-corrected chi connectivity index (χ3v) is 3.64. The number of alkyl halides is 3. The van der Waals surface area contributed by atoms with E-state index in [1.54, 1.807) is 0 Å². The number of hydrogen-bond donors (Lipinski definition) is 1. The van der Waals surface area contributed by atoms with Crippen LogP contribution in [0.1, 0.15) is 16.7 Å². The van der Waals surface area contributed by atoms with Crippen LogP contribution in [0.25, 0.3) is 0 Å². The first-order valence-corrected chi connectivity index (χ1v) is 6.88. The highest BCUT2D eigenvalue weighted by Crippen LogP contribution is 2.36. The Morgan fingerprint density at radius 2 is 1.71 bits per heavy atom. The Labute approximate surface area is 130 Å². The Morgan fingerprint density at radius 3 is 2.33 bits per heavy atom. The van der Waals surface area contributed by atoms with Crippen LogP contribution in [0.15, 0.2) is 36.4 Å². The summed E-state index contributed by atoms with van der Waals surface area (Å²) in [6, 6.07) is 9.26. The predicted octanol–water partition coefficient (Wildman–Crippen LogP) is 5.93. The van der Waals surface area contributed by atoms with Crippen LogP contribution in [0.5, 0.6) is 0 Å². The van der Waals surface area contributed by atoms with Crippen molar-refractivity contribution in [1.29, 1.82) is 0 Å². The molecule has 0 aliphatic rings. The van der Waals surface area contributed by atoms with Gasteiger partial charge in [-0.25, -0.2) is 0 Å². The SMILES string of the molecule is Cc1ccc(CNc2ccc(Cl)c(C(F)(F)F)c2)c(Cl)c1. The topological polar surface area (TPSA) is 12.0 Å². The zero-order chi connectivity index (χ0) is 15.6. The molecule has 0 amide bonds. The fourth-order valence-corrected chi connectivity index (χ4v) is 2.37. The fraction of sp³-hybridized carbons (Fsp3) is 0.200. The van der Waals surface area contributed by atoms with Gasteiger partial charge in [0, 0.05) is 17.3 Å². The third-order valence-electron chi connectivity index (χ3n) is 2.96. The molecule has 0 aromatic heterocycles. The van der Waals surface area contributed by atoms with E-state index in [-0.39, 0.29) is 5.02 Å². The molecule has 0 radical (unpaired) electrons. The van der Waals surface area contributed by atoms with Crippen LogP contribution in [-0.2, 0) is 12.7 Å². The van der Waals surface area contributed by atoms with Crippen molar-refractivity contribution in [3.05, 3.63) is 63.1 Å². The standard InChI is InChI=1S/C15H12Cl2F3N/c1-9-2-3-10(14(17)6-9)8-21-11-4-5-13(16)12(7-11)15(18,19)20/h2-7,21H,8H2,1H3. The van der Waals surface area contributed by atoms with E-state index in [0.29, 0.717) is 17.3 Å². The number of rotatable bonds is 3. The molecule has 0 spiro atoms. The van der Waals surface area contributed by atoms with Crippen molar-refractivity contribution in [2.75, 3.05) is 5.32 Å². The summed E-state index contributed by atoms with van der Waals surface area (Å²) in [6.45, 7) is 2.25. The molecule has 21 heavy (non-hydrogen) atoms. The number of nitrogens with one attached hydrogen (secondary N) is 1. The lowest BCUT2D eigenvalue weighted by Gasteiger charge is -2.13. The third kappa shape index (κ3) is 4.05. The number of anilines is 1. The Kier molecular flexibility index (Phi) is 4.69. The molecule has 0 aliphatic carbocycles. The predicted molar refractivity (Wildman–Crippen MR) is 80.0 cm³/mol. The molecular formula is C15H12Cl2F3N. The summed E-state index contributed by atoms with van der Waals surface area (Å²) in [5, 5.41) is 3.18. The van der Waals surface area contributed by atoms with Gasteiger partial charge in [-0.05, 0) is 42.3 Å². The maximum absolute atomic E-state index is 12.8. The van der Waals surface area contributed by atoms with Gasteiger partial charge in [-0.15, -0.1) is 0 Å². The molecule has 6 heteroatoms. The molecule has 0 saturated carbocycles. The molecule has 0 saturated heterocycles. The van der Waals surface area contributed by atoms with E-state index >= 15 is 0 Å². The van der Waals surface area contributed by atoms with E-state index in [9.17, 15) is 13.2 Å². The number of benzene rings is 2. The molecule has 2 aromatic rings. The molecule has 0 atom stereocenters. The Balaban J connectivity index is 2.17. The summed E-state index contributed by atoms with van der Waals surface area (Å²) < 4.78 is 38.3. The summed E-state index contributed by atoms with van der Waals surface area (Å²) in [4.78, 5) is 0. The summed E-state index contributed by atoms with van der Waals surface area (Å²) >= 11 is 11.7. The highest BCUT2D eigenvalue weighted by atomic mass is 35.5. The zero-order valence-electron chi connectivity index (χ0n) is 11.1. The van der Waals surface area contributed by atoms with Crippen molar-refractivity contribution < 1.29 is 13.2 Å². The first-order chi connectivity index (χ1) is 9.77. The van der Waals surface area contributed by atoms with Crippen LogP contribution in [0, 0.1) is 6.92 Å².